The third kappa shape index (κ3) is 3.70. The van der Waals surface area contributed by atoms with E-state index in [-0.39, 0.29) is 22.7 Å². The van der Waals surface area contributed by atoms with Gasteiger partial charge < -0.3 is 16.2 Å². The van der Waals surface area contributed by atoms with Crippen molar-refractivity contribution in [3.05, 3.63) is 76.3 Å². The molecule has 0 heterocycles. The third-order valence-corrected chi connectivity index (χ3v) is 2.29. The number of allylic oxidation sites excluding steroid dienone is 2. The standard InChI is InChI=1S/C13H13N3O4/c1-2-4-12(17)11(8-14)15-13(18)9-5-3-6-10(7-9)16(19)20/h2-8,17H,1,14H2,(H,15,18)/b11-8+,12-4+. The maximum Gasteiger partial charge on any atom is 0.270 e. The first-order valence-electron chi connectivity index (χ1n) is 5.49. The van der Waals surface area contributed by atoms with Gasteiger partial charge in [-0.05, 0) is 12.1 Å². The molecule has 0 saturated heterocycles. The summed E-state index contributed by atoms with van der Waals surface area (Å²) in [5, 5.41) is 22.5. The van der Waals surface area contributed by atoms with Crippen molar-refractivity contribution in [2.45, 2.75) is 0 Å². The number of aliphatic hydroxyl groups excluding tert-OH is 1. The largest absolute Gasteiger partial charge is 0.506 e. The SMILES string of the molecule is C=C/C=C(O)\C(=C/N)NC(=O)c1cccc([N+](=O)[O-])c1. The molecule has 20 heavy (non-hydrogen) atoms. The summed E-state index contributed by atoms with van der Waals surface area (Å²) in [5.41, 5.74) is 5.13. The molecule has 7 nitrogen and oxygen atoms in total. The number of nitro benzene ring substituents is 1. The van der Waals surface area contributed by atoms with Crippen molar-refractivity contribution < 1.29 is 14.8 Å². The summed E-state index contributed by atoms with van der Waals surface area (Å²) in [6, 6.07) is 5.19. The zero-order valence-corrected chi connectivity index (χ0v) is 10.4. The highest BCUT2D eigenvalue weighted by Crippen LogP contribution is 2.13. The average Bonchev–Trinajstić information content (AvgIpc) is 2.44. The Hall–Kier alpha value is -3.09. The lowest BCUT2D eigenvalue weighted by molar-refractivity contribution is -0.384. The summed E-state index contributed by atoms with van der Waals surface area (Å²) in [4.78, 5) is 21.9. The number of carbonyl (C=O) groups is 1. The molecule has 0 saturated carbocycles. The fourth-order valence-corrected chi connectivity index (χ4v) is 1.35. The number of amides is 1. The van der Waals surface area contributed by atoms with Gasteiger partial charge in [0.15, 0.2) is 0 Å². The van der Waals surface area contributed by atoms with Crippen LogP contribution in [0.2, 0.25) is 0 Å². The molecule has 4 N–H and O–H groups in total. The lowest BCUT2D eigenvalue weighted by Crippen LogP contribution is -2.24. The zero-order chi connectivity index (χ0) is 15.1. The van der Waals surface area contributed by atoms with E-state index < -0.39 is 10.8 Å². The van der Waals surface area contributed by atoms with E-state index in [2.05, 4.69) is 11.9 Å². The Labute approximate surface area is 114 Å². The van der Waals surface area contributed by atoms with E-state index in [1.165, 1.54) is 30.4 Å². The highest BCUT2D eigenvalue weighted by Gasteiger charge is 2.13. The molecule has 1 amide bonds. The molecule has 0 aliphatic carbocycles. The van der Waals surface area contributed by atoms with Gasteiger partial charge in [0.25, 0.3) is 11.6 Å². The van der Waals surface area contributed by atoms with Crippen LogP contribution >= 0.6 is 0 Å². The molecule has 104 valence electrons. The second-order valence-electron chi connectivity index (χ2n) is 3.63. The molecular formula is C13H13N3O4. The van der Waals surface area contributed by atoms with Gasteiger partial charge in [-0.2, -0.15) is 0 Å². The van der Waals surface area contributed by atoms with Gasteiger partial charge in [-0.15, -0.1) is 0 Å². The molecule has 1 rings (SSSR count). The highest BCUT2D eigenvalue weighted by molar-refractivity contribution is 5.96. The number of rotatable bonds is 5. The number of nitrogens with one attached hydrogen (secondary N) is 1. The summed E-state index contributed by atoms with van der Waals surface area (Å²) in [6.07, 6.45) is 3.56. The quantitative estimate of drug-likeness (QED) is 0.327. The fourth-order valence-electron chi connectivity index (χ4n) is 1.35. The summed E-state index contributed by atoms with van der Waals surface area (Å²) in [7, 11) is 0. The molecular weight excluding hydrogens is 262 g/mol. The van der Waals surface area contributed by atoms with E-state index in [1.807, 2.05) is 0 Å². The Morgan fingerprint density at radius 3 is 2.75 bits per heavy atom. The molecule has 0 spiro atoms. The maximum absolute atomic E-state index is 11.9. The van der Waals surface area contributed by atoms with Crippen LogP contribution in [0.3, 0.4) is 0 Å². The van der Waals surface area contributed by atoms with Crippen LogP contribution in [0.5, 0.6) is 0 Å². The molecule has 1 aromatic rings. The number of hydrogen-bond donors (Lipinski definition) is 3. The molecule has 0 radical (unpaired) electrons. The average molecular weight is 275 g/mol. The van der Waals surface area contributed by atoms with Gasteiger partial charge in [0, 0.05) is 23.9 Å². The first-order valence-corrected chi connectivity index (χ1v) is 5.49. The minimum Gasteiger partial charge on any atom is -0.506 e. The Kier molecular flexibility index (Phi) is 5.04. The van der Waals surface area contributed by atoms with Crippen molar-refractivity contribution >= 4 is 11.6 Å². The summed E-state index contributed by atoms with van der Waals surface area (Å²) >= 11 is 0. The van der Waals surface area contributed by atoms with Crippen molar-refractivity contribution in [2.75, 3.05) is 0 Å². The van der Waals surface area contributed by atoms with Gasteiger partial charge in [0.2, 0.25) is 0 Å². The Morgan fingerprint density at radius 2 is 2.20 bits per heavy atom. The summed E-state index contributed by atoms with van der Waals surface area (Å²) in [5.74, 6) is -0.907. The number of aliphatic hydroxyl groups is 1. The van der Waals surface area contributed by atoms with Crippen LogP contribution in [0.25, 0.3) is 0 Å². The van der Waals surface area contributed by atoms with Gasteiger partial charge >= 0.3 is 0 Å². The van der Waals surface area contributed by atoms with Gasteiger partial charge in [0.05, 0.1) is 10.6 Å². The van der Waals surface area contributed by atoms with Crippen LogP contribution < -0.4 is 11.1 Å². The topological polar surface area (TPSA) is 118 Å². The number of nitrogens with zero attached hydrogens (tertiary/aromatic N) is 1. The first-order chi connectivity index (χ1) is 9.49. The fraction of sp³-hybridized carbons (Fsp3) is 0. The number of nitrogens with two attached hydrogens (primary N) is 1. The van der Waals surface area contributed by atoms with E-state index in [1.54, 1.807) is 0 Å². The van der Waals surface area contributed by atoms with E-state index in [0.717, 1.165) is 12.3 Å². The van der Waals surface area contributed by atoms with Gasteiger partial charge in [-0.1, -0.05) is 18.7 Å². The molecule has 0 atom stereocenters. The minimum absolute atomic E-state index is 0.0265. The first kappa shape index (κ1) is 15.0. The third-order valence-electron chi connectivity index (χ3n) is 2.29. The predicted octanol–water partition coefficient (Wildman–Crippen LogP) is 1.75. The van der Waals surface area contributed by atoms with Crippen LogP contribution in [0.4, 0.5) is 5.69 Å². The molecule has 0 aromatic heterocycles. The van der Waals surface area contributed by atoms with Crippen molar-refractivity contribution in [3.8, 4) is 0 Å². The van der Waals surface area contributed by atoms with Crippen molar-refractivity contribution in [2.24, 2.45) is 5.73 Å². The zero-order valence-electron chi connectivity index (χ0n) is 10.4. The minimum atomic E-state index is -0.630. The molecule has 1 aromatic carbocycles. The molecule has 7 heteroatoms. The molecule has 0 unspecified atom stereocenters. The Balaban J connectivity index is 2.96. The summed E-state index contributed by atoms with van der Waals surface area (Å²) < 4.78 is 0. The molecule has 0 bridgehead atoms. The number of non-ortho nitro benzene ring substituents is 1. The van der Waals surface area contributed by atoms with Gasteiger partial charge in [-0.3, -0.25) is 14.9 Å². The molecule has 0 aliphatic rings. The summed E-state index contributed by atoms with van der Waals surface area (Å²) in [6.45, 7) is 3.39. The van der Waals surface area contributed by atoms with Crippen molar-refractivity contribution in [1.82, 2.24) is 5.32 Å². The second-order valence-corrected chi connectivity index (χ2v) is 3.63. The maximum atomic E-state index is 11.9. The lowest BCUT2D eigenvalue weighted by atomic mass is 10.2. The van der Waals surface area contributed by atoms with Crippen LogP contribution in [-0.2, 0) is 0 Å². The number of benzene rings is 1. The van der Waals surface area contributed by atoms with Crippen molar-refractivity contribution in [1.29, 1.82) is 0 Å². The Bertz CT molecular complexity index is 605. The smallest absolute Gasteiger partial charge is 0.270 e. The van der Waals surface area contributed by atoms with Crippen LogP contribution in [-0.4, -0.2) is 15.9 Å². The van der Waals surface area contributed by atoms with Crippen LogP contribution in [0, 0.1) is 10.1 Å². The van der Waals surface area contributed by atoms with E-state index in [0.29, 0.717) is 0 Å². The number of hydrogen-bond acceptors (Lipinski definition) is 5. The second kappa shape index (κ2) is 6.74. The number of carbonyl (C=O) groups excluding carboxylic acids is 1. The normalized spacial score (nSPS) is 11.8. The predicted molar refractivity (Wildman–Crippen MR) is 73.7 cm³/mol. The van der Waals surface area contributed by atoms with E-state index in [9.17, 15) is 20.0 Å². The lowest BCUT2D eigenvalue weighted by Gasteiger charge is -2.08. The number of nitro groups is 1. The highest BCUT2D eigenvalue weighted by atomic mass is 16.6. The van der Waals surface area contributed by atoms with E-state index in [4.69, 9.17) is 5.73 Å². The molecule has 0 aliphatic heterocycles. The van der Waals surface area contributed by atoms with E-state index >= 15 is 0 Å². The van der Waals surface area contributed by atoms with Gasteiger partial charge in [-0.25, -0.2) is 0 Å². The Morgan fingerprint density at radius 1 is 1.50 bits per heavy atom. The van der Waals surface area contributed by atoms with Crippen LogP contribution in [0.15, 0.2) is 60.7 Å². The van der Waals surface area contributed by atoms with Crippen LogP contribution in [0.1, 0.15) is 10.4 Å². The monoisotopic (exact) mass is 275 g/mol. The van der Waals surface area contributed by atoms with Gasteiger partial charge in [0.1, 0.15) is 5.76 Å². The molecule has 0 fully saturated rings. The van der Waals surface area contributed by atoms with Crippen molar-refractivity contribution in [3.63, 3.8) is 0 Å².